The molecule has 0 radical (unpaired) electrons. The third-order valence-electron chi connectivity index (χ3n) is 3.11. The van der Waals surface area contributed by atoms with Crippen molar-refractivity contribution in [2.45, 2.75) is 39.2 Å². The van der Waals surface area contributed by atoms with Crippen LogP contribution in [-0.4, -0.2) is 44.2 Å². The topological polar surface area (TPSA) is 66.4 Å². The van der Waals surface area contributed by atoms with Crippen molar-refractivity contribution in [2.75, 3.05) is 24.7 Å². The number of aliphatic hydroxyl groups excluding tert-OH is 1. The van der Waals surface area contributed by atoms with Crippen LogP contribution in [0.25, 0.3) is 0 Å². The molecule has 1 fully saturated rings. The molecule has 0 aliphatic carbocycles. The predicted molar refractivity (Wildman–Crippen MR) is 65.2 cm³/mol. The average molecular weight is 249 g/mol. The molecular formula is C11H23NO3S. The average Bonchev–Trinajstić information content (AvgIpc) is 2.53. The van der Waals surface area contributed by atoms with Crippen LogP contribution in [0.1, 0.15) is 33.1 Å². The van der Waals surface area contributed by atoms with Gasteiger partial charge < -0.3 is 10.4 Å². The minimum Gasteiger partial charge on any atom is -0.396 e. The van der Waals surface area contributed by atoms with E-state index in [1.54, 1.807) is 0 Å². The van der Waals surface area contributed by atoms with Crippen LogP contribution in [0.3, 0.4) is 0 Å². The van der Waals surface area contributed by atoms with Crippen molar-refractivity contribution in [3.63, 3.8) is 0 Å². The van der Waals surface area contributed by atoms with Crippen LogP contribution >= 0.6 is 0 Å². The molecule has 0 aromatic rings. The summed E-state index contributed by atoms with van der Waals surface area (Å²) in [5, 5.41) is 12.1. The third-order valence-corrected chi connectivity index (χ3v) is 4.88. The van der Waals surface area contributed by atoms with E-state index >= 15 is 0 Å². The van der Waals surface area contributed by atoms with E-state index in [0.29, 0.717) is 5.75 Å². The Morgan fingerprint density at radius 3 is 2.62 bits per heavy atom. The normalized spacial score (nSPS) is 24.8. The zero-order valence-electron chi connectivity index (χ0n) is 10.2. The van der Waals surface area contributed by atoms with Gasteiger partial charge in [0, 0.05) is 19.2 Å². The molecule has 1 unspecified atom stereocenters. The summed E-state index contributed by atoms with van der Waals surface area (Å²) in [5.74, 6) is 0.602. The largest absolute Gasteiger partial charge is 0.396 e. The van der Waals surface area contributed by atoms with E-state index in [1.165, 1.54) is 0 Å². The molecule has 0 saturated carbocycles. The highest BCUT2D eigenvalue weighted by Crippen LogP contribution is 2.22. The molecule has 1 aliphatic rings. The van der Waals surface area contributed by atoms with Crippen molar-refractivity contribution in [2.24, 2.45) is 5.41 Å². The molecule has 2 N–H and O–H groups in total. The number of rotatable bonds is 6. The summed E-state index contributed by atoms with van der Waals surface area (Å²) in [4.78, 5) is 0. The Morgan fingerprint density at radius 1 is 1.44 bits per heavy atom. The highest BCUT2D eigenvalue weighted by atomic mass is 32.2. The minimum atomic E-state index is -2.78. The number of hydrogen-bond donors (Lipinski definition) is 2. The Bertz CT molecular complexity index is 311. The van der Waals surface area contributed by atoms with E-state index in [0.717, 1.165) is 25.8 Å². The van der Waals surface area contributed by atoms with Gasteiger partial charge in [0.25, 0.3) is 0 Å². The summed E-state index contributed by atoms with van der Waals surface area (Å²) in [5.41, 5.74) is 0.120. The fourth-order valence-corrected chi connectivity index (χ4v) is 3.73. The molecule has 1 atom stereocenters. The molecule has 0 spiro atoms. The van der Waals surface area contributed by atoms with E-state index in [9.17, 15) is 8.42 Å². The van der Waals surface area contributed by atoms with Crippen molar-refractivity contribution >= 4 is 9.84 Å². The van der Waals surface area contributed by atoms with Gasteiger partial charge in [0.1, 0.15) is 0 Å². The Kier molecular flexibility index (Phi) is 4.76. The molecule has 1 rings (SSSR count). The fraction of sp³-hybridized carbons (Fsp3) is 1.00. The molecule has 0 bridgehead atoms. The molecule has 5 heteroatoms. The van der Waals surface area contributed by atoms with Crippen LogP contribution in [0.2, 0.25) is 0 Å². The minimum absolute atomic E-state index is 0.120. The number of sulfone groups is 1. The van der Waals surface area contributed by atoms with Gasteiger partial charge >= 0.3 is 0 Å². The van der Waals surface area contributed by atoms with Crippen molar-refractivity contribution in [1.82, 2.24) is 5.32 Å². The van der Waals surface area contributed by atoms with Crippen molar-refractivity contribution in [1.29, 1.82) is 0 Å². The van der Waals surface area contributed by atoms with Gasteiger partial charge in [0.15, 0.2) is 9.84 Å². The number of nitrogens with one attached hydrogen (secondary N) is 1. The van der Waals surface area contributed by atoms with Gasteiger partial charge in [-0.15, -0.1) is 0 Å². The second-order valence-corrected chi connectivity index (χ2v) is 7.70. The van der Waals surface area contributed by atoms with Gasteiger partial charge in [0.2, 0.25) is 0 Å². The fourth-order valence-electron chi connectivity index (χ4n) is 2.02. The Labute approximate surface area is 98.4 Å². The first kappa shape index (κ1) is 13.9. The SMILES string of the molecule is CC(C)(CCCO)CNC1CCS(=O)(=O)C1. The smallest absolute Gasteiger partial charge is 0.151 e. The van der Waals surface area contributed by atoms with Crippen LogP contribution < -0.4 is 5.32 Å². The Hall–Kier alpha value is -0.130. The lowest BCUT2D eigenvalue weighted by atomic mass is 9.87. The molecule has 0 aromatic heterocycles. The highest BCUT2D eigenvalue weighted by molar-refractivity contribution is 7.91. The van der Waals surface area contributed by atoms with Crippen LogP contribution in [-0.2, 0) is 9.84 Å². The zero-order chi connectivity index (χ0) is 12.2. The van der Waals surface area contributed by atoms with E-state index in [2.05, 4.69) is 19.2 Å². The van der Waals surface area contributed by atoms with Gasteiger partial charge in [0.05, 0.1) is 11.5 Å². The summed E-state index contributed by atoms with van der Waals surface area (Å²) in [6.07, 6.45) is 2.49. The monoisotopic (exact) mass is 249 g/mol. The second-order valence-electron chi connectivity index (χ2n) is 5.47. The van der Waals surface area contributed by atoms with E-state index in [1.807, 2.05) is 0 Å². The molecule has 96 valence electrons. The maximum atomic E-state index is 11.3. The molecular weight excluding hydrogens is 226 g/mol. The van der Waals surface area contributed by atoms with Crippen molar-refractivity contribution < 1.29 is 13.5 Å². The van der Waals surface area contributed by atoms with E-state index < -0.39 is 9.84 Å². The van der Waals surface area contributed by atoms with Crippen LogP contribution in [0, 0.1) is 5.41 Å². The predicted octanol–water partition coefficient (Wildman–Crippen LogP) is 0.562. The van der Waals surface area contributed by atoms with E-state index in [4.69, 9.17) is 5.11 Å². The van der Waals surface area contributed by atoms with Gasteiger partial charge in [-0.2, -0.15) is 0 Å². The zero-order valence-corrected chi connectivity index (χ0v) is 11.0. The standard InChI is InChI=1S/C11H23NO3S/c1-11(2,5-3-6-13)9-12-10-4-7-16(14,15)8-10/h10,12-13H,3-9H2,1-2H3. The lowest BCUT2D eigenvalue weighted by molar-refractivity contribution is 0.233. The third kappa shape index (κ3) is 4.80. The van der Waals surface area contributed by atoms with E-state index in [-0.39, 0.29) is 23.8 Å². The van der Waals surface area contributed by atoms with Crippen molar-refractivity contribution in [3.8, 4) is 0 Å². The van der Waals surface area contributed by atoms with Crippen LogP contribution in [0.15, 0.2) is 0 Å². The second kappa shape index (κ2) is 5.47. The molecule has 1 aliphatic heterocycles. The molecule has 0 amide bonds. The Balaban J connectivity index is 2.29. The number of aliphatic hydroxyl groups is 1. The van der Waals surface area contributed by atoms with Gasteiger partial charge in [-0.1, -0.05) is 13.8 Å². The van der Waals surface area contributed by atoms with Gasteiger partial charge in [-0.05, 0) is 24.7 Å². The summed E-state index contributed by atoms with van der Waals surface area (Å²) in [6.45, 7) is 5.31. The first-order valence-corrected chi connectivity index (χ1v) is 7.71. The van der Waals surface area contributed by atoms with Gasteiger partial charge in [-0.3, -0.25) is 0 Å². The van der Waals surface area contributed by atoms with Gasteiger partial charge in [-0.25, -0.2) is 8.42 Å². The van der Waals surface area contributed by atoms with Crippen molar-refractivity contribution in [3.05, 3.63) is 0 Å². The summed E-state index contributed by atoms with van der Waals surface area (Å²) >= 11 is 0. The maximum absolute atomic E-state index is 11.3. The molecule has 4 nitrogen and oxygen atoms in total. The molecule has 16 heavy (non-hydrogen) atoms. The van der Waals surface area contributed by atoms with Crippen LogP contribution in [0.4, 0.5) is 0 Å². The molecule has 1 saturated heterocycles. The highest BCUT2D eigenvalue weighted by Gasteiger charge is 2.28. The maximum Gasteiger partial charge on any atom is 0.151 e. The summed E-state index contributed by atoms with van der Waals surface area (Å²) < 4.78 is 22.5. The number of hydrogen-bond acceptors (Lipinski definition) is 4. The lowest BCUT2D eigenvalue weighted by Gasteiger charge is -2.26. The lowest BCUT2D eigenvalue weighted by Crippen LogP contribution is -2.37. The first-order chi connectivity index (χ1) is 7.35. The summed E-state index contributed by atoms with van der Waals surface area (Å²) in [6, 6.07) is 0.124. The molecule has 1 heterocycles. The van der Waals surface area contributed by atoms with Crippen LogP contribution in [0.5, 0.6) is 0 Å². The summed E-state index contributed by atoms with van der Waals surface area (Å²) in [7, 11) is -2.78. The quantitative estimate of drug-likeness (QED) is 0.722. The first-order valence-electron chi connectivity index (χ1n) is 5.89. The Morgan fingerprint density at radius 2 is 2.12 bits per heavy atom. The molecule has 0 aromatic carbocycles.